The molecule has 0 aromatic carbocycles. The summed E-state index contributed by atoms with van der Waals surface area (Å²) >= 11 is 0. The van der Waals surface area contributed by atoms with E-state index in [1.54, 1.807) is 0 Å². The van der Waals surface area contributed by atoms with Gasteiger partial charge in [-0.1, -0.05) is 6.92 Å². The van der Waals surface area contributed by atoms with Gasteiger partial charge in [0.05, 0.1) is 6.10 Å². The van der Waals surface area contributed by atoms with Gasteiger partial charge in [-0.15, -0.1) is 0 Å². The molecule has 2 aliphatic rings. The van der Waals surface area contributed by atoms with E-state index in [-0.39, 0.29) is 24.0 Å². The summed E-state index contributed by atoms with van der Waals surface area (Å²) in [5.74, 6) is 0.856. The molecule has 2 N–H and O–H groups in total. The van der Waals surface area contributed by atoms with Crippen molar-refractivity contribution in [2.75, 3.05) is 20.2 Å². The molecule has 4 heteroatoms. The lowest BCUT2D eigenvalue weighted by Crippen LogP contribution is -2.43. The molecular formula is C14H26N2O2. The lowest BCUT2D eigenvalue weighted by molar-refractivity contribution is -0.138. The summed E-state index contributed by atoms with van der Waals surface area (Å²) in [5, 5.41) is 0. The summed E-state index contributed by atoms with van der Waals surface area (Å²) in [5.41, 5.74) is 5.95. The van der Waals surface area contributed by atoms with E-state index in [0.29, 0.717) is 5.92 Å². The fraction of sp³-hybridized carbons (Fsp3) is 0.929. The van der Waals surface area contributed by atoms with E-state index in [9.17, 15) is 4.79 Å². The van der Waals surface area contributed by atoms with Crippen LogP contribution in [-0.2, 0) is 9.53 Å². The van der Waals surface area contributed by atoms with Crippen molar-refractivity contribution in [1.82, 2.24) is 4.90 Å². The van der Waals surface area contributed by atoms with Gasteiger partial charge < -0.3 is 15.4 Å². The zero-order valence-corrected chi connectivity index (χ0v) is 11.6. The number of nitrogens with zero attached hydrogens (tertiary/aromatic N) is 1. The monoisotopic (exact) mass is 254 g/mol. The first kappa shape index (κ1) is 13.8. The number of carbonyl (C=O) groups excluding carboxylic acids is 1. The highest BCUT2D eigenvalue weighted by molar-refractivity contribution is 5.79. The number of hydrogen-bond acceptors (Lipinski definition) is 3. The molecule has 1 amide bonds. The van der Waals surface area contributed by atoms with Crippen molar-refractivity contribution in [3.8, 4) is 0 Å². The molecule has 0 aromatic heterocycles. The topological polar surface area (TPSA) is 55.6 Å². The maximum absolute atomic E-state index is 12.4. The Morgan fingerprint density at radius 1 is 1.39 bits per heavy atom. The van der Waals surface area contributed by atoms with Crippen LogP contribution in [0.25, 0.3) is 0 Å². The van der Waals surface area contributed by atoms with E-state index in [1.165, 1.54) is 0 Å². The molecule has 4 atom stereocenters. The Morgan fingerprint density at radius 2 is 2.17 bits per heavy atom. The Balaban J connectivity index is 1.85. The first-order chi connectivity index (χ1) is 8.58. The van der Waals surface area contributed by atoms with Gasteiger partial charge in [-0.2, -0.15) is 0 Å². The zero-order valence-electron chi connectivity index (χ0n) is 11.6. The molecule has 1 saturated heterocycles. The number of hydrogen-bond donors (Lipinski definition) is 1. The fourth-order valence-corrected chi connectivity index (χ4v) is 3.27. The summed E-state index contributed by atoms with van der Waals surface area (Å²) in [6.07, 6.45) is 5.36. The van der Waals surface area contributed by atoms with Crippen molar-refractivity contribution in [3.63, 3.8) is 0 Å². The van der Waals surface area contributed by atoms with E-state index in [0.717, 1.165) is 45.3 Å². The van der Waals surface area contributed by atoms with Crippen LogP contribution in [0.3, 0.4) is 0 Å². The summed E-state index contributed by atoms with van der Waals surface area (Å²) in [6.45, 7) is 3.75. The van der Waals surface area contributed by atoms with Crippen molar-refractivity contribution in [3.05, 3.63) is 0 Å². The van der Waals surface area contributed by atoms with E-state index in [2.05, 4.69) is 6.92 Å². The molecule has 2 fully saturated rings. The quantitative estimate of drug-likeness (QED) is 0.828. The minimum atomic E-state index is 0.163. The van der Waals surface area contributed by atoms with E-state index in [4.69, 9.17) is 10.5 Å². The summed E-state index contributed by atoms with van der Waals surface area (Å²) in [6, 6.07) is 0.285. The van der Waals surface area contributed by atoms with Gasteiger partial charge in [0, 0.05) is 32.2 Å². The highest BCUT2D eigenvalue weighted by Gasteiger charge is 2.33. The molecule has 1 aliphatic carbocycles. The molecule has 1 saturated carbocycles. The molecule has 0 spiro atoms. The zero-order chi connectivity index (χ0) is 13.1. The Hall–Kier alpha value is -0.610. The first-order valence-corrected chi connectivity index (χ1v) is 7.20. The second-order valence-electron chi connectivity index (χ2n) is 6.01. The van der Waals surface area contributed by atoms with Crippen LogP contribution in [0.5, 0.6) is 0 Å². The third-order valence-electron chi connectivity index (χ3n) is 4.40. The maximum atomic E-state index is 12.4. The molecule has 0 radical (unpaired) electrons. The molecule has 18 heavy (non-hydrogen) atoms. The molecule has 2 rings (SSSR count). The molecule has 104 valence electrons. The van der Waals surface area contributed by atoms with Crippen molar-refractivity contribution in [2.45, 2.75) is 51.2 Å². The number of rotatable bonds is 3. The molecule has 0 bridgehead atoms. The number of amides is 1. The third-order valence-corrected chi connectivity index (χ3v) is 4.40. The number of ether oxygens (including phenoxy) is 1. The van der Waals surface area contributed by atoms with Gasteiger partial charge >= 0.3 is 0 Å². The number of carbonyl (C=O) groups is 1. The first-order valence-electron chi connectivity index (χ1n) is 7.20. The maximum Gasteiger partial charge on any atom is 0.225 e. The second kappa shape index (κ2) is 6.02. The predicted molar refractivity (Wildman–Crippen MR) is 71.1 cm³/mol. The number of likely N-dealkylation sites (N-methyl/N-ethyl adjacent to an activating group) is 1. The molecular weight excluding hydrogens is 228 g/mol. The van der Waals surface area contributed by atoms with Gasteiger partial charge in [0.15, 0.2) is 0 Å². The normalized spacial score (nSPS) is 36.6. The van der Waals surface area contributed by atoms with Gasteiger partial charge in [0.25, 0.3) is 0 Å². The SMILES string of the molecule is CC1CC(N)CCC1C(=O)N(C)CC1CCCO1. The van der Waals surface area contributed by atoms with Crippen LogP contribution in [0.1, 0.15) is 39.0 Å². The van der Waals surface area contributed by atoms with Crippen molar-refractivity contribution in [2.24, 2.45) is 17.6 Å². The van der Waals surface area contributed by atoms with Crippen LogP contribution in [0.4, 0.5) is 0 Å². The van der Waals surface area contributed by atoms with E-state index < -0.39 is 0 Å². The average Bonchev–Trinajstić information content (AvgIpc) is 2.81. The van der Waals surface area contributed by atoms with E-state index in [1.807, 2.05) is 11.9 Å². The largest absolute Gasteiger partial charge is 0.376 e. The van der Waals surface area contributed by atoms with Gasteiger partial charge in [-0.05, 0) is 38.0 Å². The highest BCUT2D eigenvalue weighted by Crippen LogP contribution is 2.30. The minimum absolute atomic E-state index is 0.163. The van der Waals surface area contributed by atoms with Crippen LogP contribution in [0.15, 0.2) is 0 Å². The van der Waals surface area contributed by atoms with Gasteiger partial charge in [0.1, 0.15) is 0 Å². The third kappa shape index (κ3) is 3.23. The summed E-state index contributed by atoms with van der Waals surface area (Å²) in [4.78, 5) is 14.3. The average molecular weight is 254 g/mol. The van der Waals surface area contributed by atoms with Crippen molar-refractivity contribution in [1.29, 1.82) is 0 Å². The minimum Gasteiger partial charge on any atom is -0.376 e. The standard InChI is InChI=1S/C14H26N2O2/c1-10-8-11(15)5-6-13(10)14(17)16(2)9-12-4-3-7-18-12/h10-13H,3-9,15H2,1-2H3. The van der Waals surface area contributed by atoms with Crippen molar-refractivity contribution >= 4 is 5.91 Å². The van der Waals surface area contributed by atoms with Gasteiger partial charge in [0.2, 0.25) is 5.91 Å². The smallest absolute Gasteiger partial charge is 0.225 e. The van der Waals surface area contributed by atoms with E-state index >= 15 is 0 Å². The summed E-state index contributed by atoms with van der Waals surface area (Å²) in [7, 11) is 1.91. The molecule has 1 heterocycles. The van der Waals surface area contributed by atoms with Gasteiger partial charge in [-0.25, -0.2) is 0 Å². The van der Waals surface area contributed by atoms with Crippen LogP contribution < -0.4 is 5.73 Å². The molecule has 4 unspecified atom stereocenters. The van der Waals surface area contributed by atoms with Crippen LogP contribution in [0.2, 0.25) is 0 Å². The molecule has 0 aromatic rings. The lowest BCUT2D eigenvalue weighted by Gasteiger charge is -2.34. The number of nitrogens with two attached hydrogens (primary N) is 1. The molecule has 4 nitrogen and oxygen atoms in total. The van der Waals surface area contributed by atoms with Crippen LogP contribution in [0, 0.1) is 11.8 Å². The highest BCUT2D eigenvalue weighted by atomic mass is 16.5. The Labute approximate surface area is 110 Å². The second-order valence-corrected chi connectivity index (χ2v) is 6.01. The molecule has 1 aliphatic heterocycles. The Kier molecular flexibility index (Phi) is 4.62. The Bertz CT molecular complexity index is 290. The predicted octanol–water partition coefficient (Wildman–Crippen LogP) is 1.39. The van der Waals surface area contributed by atoms with Gasteiger partial charge in [-0.3, -0.25) is 4.79 Å². The van der Waals surface area contributed by atoms with Crippen molar-refractivity contribution < 1.29 is 9.53 Å². The lowest BCUT2D eigenvalue weighted by atomic mass is 9.77. The van der Waals surface area contributed by atoms with Crippen LogP contribution in [-0.4, -0.2) is 43.2 Å². The Morgan fingerprint density at radius 3 is 2.78 bits per heavy atom. The summed E-state index contributed by atoms with van der Waals surface area (Å²) < 4.78 is 5.59. The fourth-order valence-electron chi connectivity index (χ4n) is 3.27. The van der Waals surface area contributed by atoms with Crippen LogP contribution >= 0.6 is 0 Å².